The van der Waals surface area contributed by atoms with Gasteiger partial charge in [0, 0.05) is 12.6 Å². The lowest BCUT2D eigenvalue weighted by atomic mass is 10.1. The summed E-state index contributed by atoms with van der Waals surface area (Å²) in [7, 11) is 0. The maximum absolute atomic E-state index is 3.95. The van der Waals surface area contributed by atoms with Gasteiger partial charge >= 0.3 is 0 Å². The van der Waals surface area contributed by atoms with E-state index >= 15 is 0 Å². The summed E-state index contributed by atoms with van der Waals surface area (Å²) in [4.78, 5) is 0. The topological polar surface area (TPSA) is 24.1 Å². The highest BCUT2D eigenvalue weighted by atomic mass is 32.2. The van der Waals surface area contributed by atoms with Crippen LogP contribution in [0.2, 0.25) is 0 Å². The van der Waals surface area contributed by atoms with E-state index in [0.717, 1.165) is 13.0 Å². The molecule has 2 nitrogen and oxygen atoms in total. The van der Waals surface area contributed by atoms with Crippen LogP contribution in [-0.2, 0) is 0 Å². The van der Waals surface area contributed by atoms with Crippen molar-refractivity contribution < 1.29 is 0 Å². The van der Waals surface area contributed by atoms with Crippen molar-refractivity contribution in [2.75, 3.05) is 18.6 Å². The molecule has 0 saturated heterocycles. The molecule has 0 aliphatic carbocycles. The Labute approximate surface area is 80.2 Å². The summed E-state index contributed by atoms with van der Waals surface area (Å²) in [6.45, 7) is 9.04. The van der Waals surface area contributed by atoms with E-state index < -0.39 is 0 Å². The largest absolute Gasteiger partial charge is 0.258 e. The average Bonchev–Trinajstić information content (AvgIpc) is 2.04. The predicted octanol–water partition coefficient (Wildman–Crippen LogP) is 1.80. The maximum atomic E-state index is 3.95. The Hall–Kier alpha value is 0.01000. The third kappa shape index (κ3) is 5.63. The van der Waals surface area contributed by atoms with Gasteiger partial charge in [-0.05, 0) is 25.4 Å². The summed E-state index contributed by atoms with van der Waals surface area (Å²) in [5.74, 6) is 1.18. The highest BCUT2D eigenvalue weighted by Gasteiger charge is 2.06. The molecule has 0 saturated carbocycles. The van der Waals surface area contributed by atoms with E-state index in [4.69, 9.17) is 0 Å². The van der Waals surface area contributed by atoms with Gasteiger partial charge < -0.3 is 0 Å². The molecule has 0 rings (SSSR count). The minimum absolute atomic E-state index is 0.414. The lowest BCUT2D eigenvalue weighted by Gasteiger charge is -2.18. The molecule has 0 heterocycles. The number of hydrogen-bond donors (Lipinski definition) is 2. The number of hydrazine groups is 1. The second-order valence-corrected chi connectivity index (χ2v) is 3.84. The SMILES string of the molecule is C=C(C)[C@H](CCSC)NNCC. The van der Waals surface area contributed by atoms with Crippen LogP contribution in [0.1, 0.15) is 20.3 Å². The summed E-state index contributed by atoms with van der Waals surface area (Å²) < 4.78 is 0. The maximum Gasteiger partial charge on any atom is 0.0424 e. The molecule has 0 aliphatic heterocycles. The molecule has 0 amide bonds. The molecule has 2 N–H and O–H groups in total. The fourth-order valence-electron chi connectivity index (χ4n) is 0.903. The van der Waals surface area contributed by atoms with E-state index in [1.807, 2.05) is 11.8 Å². The standard InChI is InChI=1S/C9H20N2S/c1-5-10-11-9(8(2)3)6-7-12-4/h9-11H,2,5-7H2,1,3-4H3/t9-/m0/s1. The van der Waals surface area contributed by atoms with Crippen molar-refractivity contribution in [3.05, 3.63) is 12.2 Å². The first-order valence-corrected chi connectivity index (χ1v) is 5.74. The Morgan fingerprint density at radius 1 is 1.58 bits per heavy atom. The first kappa shape index (κ1) is 12.0. The molecule has 0 unspecified atom stereocenters. The van der Waals surface area contributed by atoms with Crippen molar-refractivity contribution in [3.63, 3.8) is 0 Å². The summed E-state index contributed by atoms with van der Waals surface area (Å²) >= 11 is 1.87. The molecule has 0 aromatic carbocycles. The zero-order valence-corrected chi connectivity index (χ0v) is 9.13. The van der Waals surface area contributed by atoms with Crippen LogP contribution in [0.3, 0.4) is 0 Å². The van der Waals surface area contributed by atoms with Crippen molar-refractivity contribution in [1.29, 1.82) is 0 Å². The smallest absolute Gasteiger partial charge is 0.0424 e. The van der Waals surface area contributed by atoms with Crippen LogP contribution in [0.5, 0.6) is 0 Å². The Morgan fingerprint density at radius 3 is 2.67 bits per heavy atom. The molecule has 0 aromatic rings. The molecule has 0 spiro atoms. The third-order valence-corrected chi connectivity index (χ3v) is 2.30. The lowest BCUT2D eigenvalue weighted by Crippen LogP contribution is -2.41. The molecule has 1 atom stereocenters. The van der Waals surface area contributed by atoms with Crippen LogP contribution in [0.15, 0.2) is 12.2 Å². The van der Waals surface area contributed by atoms with Gasteiger partial charge in [-0.2, -0.15) is 11.8 Å². The third-order valence-electron chi connectivity index (χ3n) is 1.66. The molecule has 12 heavy (non-hydrogen) atoms. The monoisotopic (exact) mass is 188 g/mol. The molecule has 0 aliphatic rings. The van der Waals surface area contributed by atoms with Gasteiger partial charge in [-0.1, -0.05) is 19.1 Å². The zero-order chi connectivity index (χ0) is 9.40. The molecule has 0 radical (unpaired) electrons. The number of rotatable bonds is 7. The molecular formula is C9H20N2S. The highest BCUT2D eigenvalue weighted by Crippen LogP contribution is 2.06. The van der Waals surface area contributed by atoms with Gasteiger partial charge in [0.25, 0.3) is 0 Å². The first-order valence-electron chi connectivity index (χ1n) is 4.35. The van der Waals surface area contributed by atoms with Crippen LogP contribution in [0.4, 0.5) is 0 Å². The van der Waals surface area contributed by atoms with Gasteiger partial charge in [-0.3, -0.25) is 10.9 Å². The van der Waals surface area contributed by atoms with E-state index in [1.54, 1.807) is 0 Å². The lowest BCUT2D eigenvalue weighted by molar-refractivity contribution is 0.470. The summed E-state index contributed by atoms with van der Waals surface area (Å²) in [5, 5.41) is 0. The molecular weight excluding hydrogens is 168 g/mol. The number of hydrogen-bond acceptors (Lipinski definition) is 3. The van der Waals surface area contributed by atoms with E-state index in [-0.39, 0.29) is 0 Å². The number of thioether (sulfide) groups is 1. The predicted molar refractivity (Wildman–Crippen MR) is 58.4 cm³/mol. The van der Waals surface area contributed by atoms with Crippen LogP contribution >= 0.6 is 11.8 Å². The Balaban J connectivity index is 3.62. The first-order chi connectivity index (χ1) is 5.72. The van der Waals surface area contributed by atoms with Crippen LogP contribution in [0.25, 0.3) is 0 Å². The van der Waals surface area contributed by atoms with E-state index in [2.05, 4.69) is 37.5 Å². The van der Waals surface area contributed by atoms with Crippen molar-refractivity contribution in [1.82, 2.24) is 10.9 Å². The fourth-order valence-corrected chi connectivity index (χ4v) is 1.37. The zero-order valence-electron chi connectivity index (χ0n) is 8.31. The molecule has 0 fully saturated rings. The summed E-state index contributed by atoms with van der Waals surface area (Å²) in [6.07, 6.45) is 3.27. The Bertz CT molecular complexity index is 118. The number of nitrogens with one attached hydrogen (secondary N) is 2. The van der Waals surface area contributed by atoms with Crippen LogP contribution in [0, 0.1) is 0 Å². The van der Waals surface area contributed by atoms with E-state index in [9.17, 15) is 0 Å². The minimum Gasteiger partial charge on any atom is -0.258 e. The van der Waals surface area contributed by atoms with Gasteiger partial charge in [-0.25, -0.2) is 0 Å². The normalized spacial score (nSPS) is 12.9. The van der Waals surface area contributed by atoms with Gasteiger partial charge in [0.2, 0.25) is 0 Å². The van der Waals surface area contributed by atoms with Crippen molar-refractivity contribution in [2.24, 2.45) is 0 Å². The second kappa shape index (κ2) is 7.65. The Morgan fingerprint density at radius 2 is 2.25 bits per heavy atom. The van der Waals surface area contributed by atoms with Crippen molar-refractivity contribution in [3.8, 4) is 0 Å². The van der Waals surface area contributed by atoms with E-state index in [0.29, 0.717) is 6.04 Å². The van der Waals surface area contributed by atoms with Crippen molar-refractivity contribution in [2.45, 2.75) is 26.3 Å². The molecule has 0 aromatic heterocycles. The van der Waals surface area contributed by atoms with Gasteiger partial charge in [-0.15, -0.1) is 0 Å². The molecule has 0 bridgehead atoms. The van der Waals surface area contributed by atoms with Gasteiger partial charge in [0.1, 0.15) is 0 Å². The Kier molecular flexibility index (Phi) is 7.65. The highest BCUT2D eigenvalue weighted by molar-refractivity contribution is 7.98. The van der Waals surface area contributed by atoms with Gasteiger partial charge in [0.05, 0.1) is 0 Å². The molecule has 3 heteroatoms. The van der Waals surface area contributed by atoms with Gasteiger partial charge in [0.15, 0.2) is 0 Å². The average molecular weight is 188 g/mol. The second-order valence-electron chi connectivity index (χ2n) is 2.86. The van der Waals surface area contributed by atoms with Crippen LogP contribution in [-0.4, -0.2) is 24.6 Å². The fraction of sp³-hybridized carbons (Fsp3) is 0.778. The molecule has 72 valence electrons. The van der Waals surface area contributed by atoms with E-state index in [1.165, 1.54) is 11.3 Å². The van der Waals surface area contributed by atoms with Crippen molar-refractivity contribution >= 4 is 11.8 Å². The summed E-state index contributed by atoms with van der Waals surface area (Å²) in [5.41, 5.74) is 7.56. The van der Waals surface area contributed by atoms with Crippen LogP contribution < -0.4 is 10.9 Å². The quantitative estimate of drug-likeness (QED) is 0.470. The minimum atomic E-state index is 0.414. The summed E-state index contributed by atoms with van der Waals surface area (Å²) in [6, 6.07) is 0.414.